The summed E-state index contributed by atoms with van der Waals surface area (Å²) >= 11 is 0. The summed E-state index contributed by atoms with van der Waals surface area (Å²) in [5.74, 6) is 0. The number of nitrogens with zero attached hydrogens (tertiary/aromatic N) is 2. The largest absolute Gasteiger partial charge is 0.399 e. The van der Waals surface area contributed by atoms with Gasteiger partial charge in [0.25, 0.3) is 0 Å². The number of anilines is 2. The maximum atomic E-state index is 5.90. The van der Waals surface area contributed by atoms with Gasteiger partial charge in [-0.1, -0.05) is 13.0 Å². The van der Waals surface area contributed by atoms with E-state index in [0.29, 0.717) is 0 Å². The Morgan fingerprint density at radius 1 is 1.26 bits per heavy atom. The molecular weight excluding hydrogens is 288 g/mol. The van der Waals surface area contributed by atoms with Crippen molar-refractivity contribution < 1.29 is 4.74 Å². The summed E-state index contributed by atoms with van der Waals surface area (Å²) < 4.78 is 5.51. The first kappa shape index (κ1) is 18.0. The fourth-order valence-electron chi connectivity index (χ4n) is 2.88. The van der Waals surface area contributed by atoms with Gasteiger partial charge in [0, 0.05) is 57.3 Å². The Morgan fingerprint density at radius 2 is 2.13 bits per heavy atom. The van der Waals surface area contributed by atoms with Crippen LogP contribution >= 0.6 is 0 Å². The lowest BCUT2D eigenvalue weighted by Crippen LogP contribution is -2.36. The van der Waals surface area contributed by atoms with Crippen LogP contribution in [0.3, 0.4) is 0 Å². The van der Waals surface area contributed by atoms with E-state index in [4.69, 9.17) is 10.5 Å². The van der Waals surface area contributed by atoms with E-state index in [0.717, 1.165) is 71.0 Å². The summed E-state index contributed by atoms with van der Waals surface area (Å²) in [5.41, 5.74) is 9.50. The predicted molar refractivity (Wildman–Crippen MR) is 98.2 cm³/mol. The first-order valence-corrected chi connectivity index (χ1v) is 8.81. The molecule has 5 heteroatoms. The number of benzene rings is 1. The molecule has 0 aliphatic carbocycles. The molecular formula is C18H32N4O. The lowest BCUT2D eigenvalue weighted by atomic mass is 10.1. The van der Waals surface area contributed by atoms with Crippen molar-refractivity contribution in [3.05, 3.63) is 23.8 Å². The van der Waals surface area contributed by atoms with Crippen LogP contribution < -0.4 is 16.0 Å². The lowest BCUT2D eigenvalue weighted by Gasteiger charge is -2.21. The van der Waals surface area contributed by atoms with Crippen molar-refractivity contribution in [2.24, 2.45) is 0 Å². The van der Waals surface area contributed by atoms with Crippen LogP contribution in [0.25, 0.3) is 0 Å². The van der Waals surface area contributed by atoms with Gasteiger partial charge in [0.05, 0.1) is 6.61 Å². The lowest BCUT2D eigenvalue weighted by molar-refractivity contribution is 0.112. The summed E-state index contributed by atoms with van der Waals surface area (Å²) in [4.78, 5) is 4.75. The minimum atomic E-state index is 0.830. The Labute approximate surface area is 140 Å². The standard InChI is InChI=1S/C18H32N4O/c1-3-13-23-14-12-21(2)10-7-20-8-11-22-9-6-16-4-5-17(19)15-18(16)22/h4-5,15,20H,3,6-14,19H2,1-2H3. The number of fused-ring (bicyclic) bond motifs is 1. The highest BCUT2D eigenvalue weighted by molar-refractivity contribution is 5.64. The number of ether oxygens (including phenoxy) is 1. The highest BCUT2D eigenvalue weighted by atomic mass is 16.5. The third-order valence-electron chi connectivity index (χ3n) is 4.30. The predicted octanol–water partition coefficient (Wildman–Crippen LogP) is 1.58. The van der Waals surface area contributed by atoms with E-state index in [2.05, 4.69) is 41.2 Å². The van der Waals surface area contributed by atoms with Crippen LogP contribution in [-0.2, 0) is 11.2 Å². The molecule has 1 aliphatic rings. The molecule has 0 radical (unpaired) electrons. The second-order valence-electron chi connectivity index (χ2n) is 6.29. The van der Waals surface area contributed by atoms with Crippen molar-refractivity contribution in [2.45, 2.75) is 19.8 Å². The topological polar surface area (TPSA) is 53.8 Å². The maximum Gasteiger partial charge on any atom is 0.0593 e. The highest BCUT2D eigenvalue weighted by Crippen LogP contribution is 2.29. The van der Waals surface area contributed by atoms with Gasteiger partial charge in [-0.15, -0.1) is 0 Å². The molecule has 1 heterocycles. The van der Waals surface area contributed by atoms with Gasteiger partial charge in [0.1, 0.15) is 0 Å². The average Bonchev–Trinajstić information content (AvgIpc) is 2.93. The number of nitrogen functional groups attached to an aromatic ring is 1. The molecule has 130 valence electrons. The fourth-order valence-corrected chi connectivity index (χ4v) is 2.88. The van der Waals surface area contributed by atoms with Crippen LogP contribution in [0.2, 0.25) is 0 Å². The van der Waals surface area contributed by atoms with E-state index >= 15 is 0 Å². The minimum absolute atomic E-state index is 0.830. The molecule has 0 atom stereocenters. The monoisotopic (exact) mass is 320 g/mol. The highest BCUT2D eigenvalue weighted by Gasteiger charge is 2.18. The normalized spacial score (nSPS) is 13.8. The van der Waals surface area contributed by atoms with Crippen molar-refractivity contribution in [3.8, 4) is 0 Å². The molecule has 0 saturated carbocycles. The molecule has 0 amide bonds. The zero-order valence-electron chi connectivity index (χ0n) is 14.7. The molecule has 0 fully saturated rings. The summed E-state index contributed by atoms with van der Waals surface area (Å²) in [7, 11) is 2.15. The number of likely N-dealkylation sites (N-methyl/N-ethyl adjacent to an activating group) is 1. The quantitative estimate of drug-likeness (QED) is 0.479. The molecule has 1 aromatic rings. The number of nitrogens with two attached hydrogens (primary N) is 1. The number of hydrogen-bond acceptors (Lipinski definition) is 5. The summed E-state index contributed by atoms with van der Waals surface area (Å²) in [5, 5.41) is 3.53. The van der Waals surface area contributed by atoms with Gasteiger partial charge in [0.15, 0.2) is 0 Å². The van der Waals surface area contributed by atoms with E-state index in [1.807, 2.05) is 6.07 Å². The zero-order valence-corrected chi connectivity index (χ0v) is 14.7. The van der Waals surface area contributed by atoms with Gasteiger partial charge >= 0.3 is 0 Å². The van der Waals surface area contributed by atoms with Crippen molar-refractivity contribution in [1.82, 2.24) is 10.2 Å². The first-order valence-electron chi connectivity index (χ1n) is 8.81. The average molecular weight is 320 g/mol. The zero-order chi connectivity index (χ0) is 16.5. The second kappa shape index (κ2) is 9.75. The van der Waals surface area contributed by atoms with E-state index in [9.17, 15) is 0 Å². The SMILES string of the molecule is CCCOCCN(C)CCNCCN1CCc2ccc(N)cc21. The summed E-state index contributed by atoms with van der Waals surface area (Å²) in [6, 6.07) is 6.26. The Morgan fingerprint density at radius 3 is 2.96 bits per heavy atom. The molecule has 0 bridgehead atoms. The molecule has 5 nitrogen and oxygen atoms in total. The molecule has 0 saturated heterocycles. The third-order valence-corrected chi connectivity index (χ3v) is 4.30. The van der Waals surface area contributed by atoms with Crippen LogP contribution in [-0.4, -0.2) is 64.4 Å². The van der Waals surface area contributed by atoms with Crippen LogP contribution in [0.5, 0.6) is 0 Å². The molecule has 2 rings (SSSR count). The number of hydrogen-bond donors (Lipinski definition) is 2. The van der Waals surface area contributed by atoms with E-state index in [1.54, 1.807) is 0 Å². The maximum absolute atomic E-state index is 5.90. The molecule has 0 spiro atoms. The van der Waals surface area contributed by atoms with Crippen molar-refractivity contribution in [1.29, 1.82) is 0 Å². The van der Waals surface area contributed by atoms with Gasteiger partial charge in [-0.25, -0.2) is 0 Å². The van der Waals surface area contributed by atoms with E-state index < -0.39 is 0 Å². The Bertz CT molecular complexity index is 466. The minimum Gasteiger partial charge on any atom is -0.399 e. The molecule has 1 aliphatic heterocycles. The van der Waals surface area contributed by atoms with Crippen LogP contribution in [0.1, 0.15) is 18.9 Å². The van der Waals surface area contributed by atoms with Gasteiger partial charge in [0.2, 0.25) is 0 Å². The Balaban J connectivity index is 1.56. The first-order chi connectivity index (χ1) is 11.2. The van der Waals surface area contributed by atoms with Gasteiger partial charge in [-0.2, -0.15) is 0 Å². The Hall–Kier alpha value is -1.30. The van der Waals surface area contributed by atoms with Gasteiger partial charge in [-0.05, 0) is 37.6 Å². The molecule has 0 aromatic heterocycles. The Kier molecular flexibility index (Phi) is 7.65. The summed E-state index contributed by atoms with van der Waals surface area (Å²) in [6.07, 6.45) is 2.23. The van der Waals surface area contributed by atoms with E-state index in [1.165, 1.54) is 11.3 Å². The third kappa shape index (κ3) is 6.01. The van der Waals surface area contributed by atoms with Crippen molar-refractivity contribution >= 4 is 11.4 Å². The number of rotatable bonds is 11. The molecule has 1 aromatic carbocycles. The molecule has 0 unspecified atom stereocenters. The summed E-state index contributed by atoms with van der Waals surface area (Å²) in [6.45, 7) is 10.1. The van der Waals surface area contributed by atoms with Gasteiger partial charge < -0.3 is 25.6 Å². The van der Waals surface area contributed by atoms with Crippen LogP contribution in [0, 0.1) is 0 Å². The van der Waals surface area contributed by atoms with Crippen molar-refractivity contribution in [3.63, 3.8) is 0 Å². The van der Waals surface area contributed by atoms with Crippen molar-refractivity contribution in [2.75, 3.05) is 70.2 Å². The molecule has 3 N–H and O–H groups in total. The second-order valence-corrected chi connectivity index (χ2v) is 6.29. The van der Waals surface area contributed by atoms with Crippen LogP contribution in [0.4, 0.5) is 11.4 Å². The fraction of sp³-hybridized carbons (Fsp3) is 0.667. The smallest absolute Gasteiger partial charge is 0.0593 e. The van der Waals surface area contributed by atoms with Gasteiger partial charge in [-0.3, -0.25) is 0 Å². The number of nitrogens with one attached hydrogen (secondary N) is 1. The van der Waals surface area contributed by atoms with E-state index in [-0.39, 0.29) is 0 Å². The van der Waals surface area contributed by atoms with Crippen LogP contribution in [0.15, 0.2) is 18.2 Å². The molecule has 23 heavy (non-hydrogen) atoms.